The Morgan fingerprint density at radius 3 is 3.00 bits per heavy atom. The average Bonchev–Trinajstić information content (AvgIpc) is 2.42. The molecule has 0 aliphatic carbocycles. The van der Waals surface area contributed by atoms with Gasteiger partial charge in [-0.05, 0) is 24.9 Å². The molecule has 0 spiro atoms. The molecule has 0 amide bonds. The van der Waals surface area contributed by atoms with Crippen molar-refractivity contribution < 1.29 is 9.53 Å². The van der Waals surface area contributed by atoms with E-state index in [2.05, 4.69) is 26.3 Å². The first-order valence-corrected chi connectivity index (χ1v) is 7.30. The number of carbonyl (C=O) groups excluding carboxylic acids is 1. The molecule has 0 unspecified atom stereocenters. The van der Waals surface area contributed by atoms with Gasteiger partial charge in [0.25, 0.3) is 0 Å². The minimum absolute atomic E-state index is 0.379. The number of unbranched alkanes of at least 4 members (excludes halogenated alkanes) is 2. The average molecular weight is 269 g/mol. The summed E-state index contributed by atoms with van der Waals surface area (Å²) < 4.78 is 4.67. The summed E-state index contributed by atoms with van der Waals surface area (Å²) in [6.07, 6.45) is 8.45. The Morgan fingerprint density at radius 1 is 1.44 bits per heavy atom. The molecule has 0 radical (unpaired) electrons. The van der Waals surface area contributed by atoms with Gasteiger partial charge < -0.3 is 10.1 Å². The molecule has 0 bridgehead atoms. The maximum Gasteiger partial charge on any atom is 0.343 e. The van der Waals surface area contributed by atoms with E-state index in [1.165, 1.54) is 38.2 Å². The van der Waals surface area contributed by atoms with Crippen molar-refractivity contribution in [2.45, 2.75) is 19.3 Å². The standard InChI is InChI=1S/C12H19N3O2S/c1-17-12(16)10-8-13-9-15-11(10)14-6-4-3-5-7-18-2/h8-9H,3-7H2,1-2H3,(H,13,14,15). The Hall–Kier alpha value is -1.30. The molecular formula is C12H19N3O2S. The van der Waals surface area contributed by atoms with Gasteiger partial charge in [-0.3, -0.25) is 0 Å². The second-order valence-corrected chi connectivity index (χ2v) is 4.74. The highest BCUT2D eigenvalue weighted by Crippen LogP contribution is 2.11. The van der Waals surface area contributed by atoms with Crippen molar-refractivity contribution in [2.24, 2.45) is 0 Å². The third-order valence-electron chi connectivity index (χ3n) is 2.44. The number of nitrogens with one attached hydrogen (secondary N) is 1. The van der Waals surface area contributed by atoms with Gasteiger partial charge in [0.2, 0.25) is 0 Å². The molecule has 0 saturated heterocycles. The largest absolute Gasteiger partial charge is 0.465 e. The predicted molar refractivity (Wildman–Crippen MR) is 74.1 cm³/mol. The SMILES string of the molecule is COC(=O)c1cncnc1NCCCCCSC. The first-order chi connectivity index (χ1) is 8.79. The van der Waals surface area contributed by atoms with E-state index >= 15 is 0 Å². The Bertz CT molecular complexity index is 374. The second-order valence-electron chi connectivity index (χ2n) is 3.76. The minimum atomic E-state index is -0.416. The molecule has 6 heteroatoms. The van der Waals surface area contributed by atoms with Gasteiger partial charge in [-0.15, -0.1) is 0 Å². The fraction of sp³-hybridized carbons (Fsp3) is 0.583. The highest BCUT2D eigenvalue weighted by molar-refractivity contribution is 7.98. The molecule has 5 nitrogen and oxygen atoms in total. The lowest BCUT2D eigenvalue weighted by Gasteiger charge is -2.08. The smallest absolute Gasteiger partial charge is 0.343 e. The van der Waals surface area contributed by atoms with Gasteiger partial charge in [-0.2, -0.15) is 11.8 Å². The van der Waals surface area contributed by atoms with Crippen LogP contribution < -0.4 is 5.32 Å². The van der Waals surface area contributed by atoms with Gasteiger partial charge in [0, 0.05) is 12.7 Å². The monoisotopic (exact) mass is 269 g/mol. The number of carbonyl (C=O) groups is 1. The summed E-state index contributed by atoms with van der Waals surface area (Å²) in [5, 5.41) is 3.15. The molecule has 0 fully saturated rings. The molecule has 0 aliphatic rings. The van der Waals surface area contributed by atoms with E-state index < -0.39 is 5.97 Å². The number of thioether (sulfide) groups is 1. The summed E-state index contributed by atoms with van der Waals surface area (Å²) in [5.41, 5.74) is 0.379. The zero-order valence-corrected chi connectivity index (χ0v) is 11.6. The van der Waals surface area contributed by atoms with Gasteiger partial charge in [-0.25, -0.2) is 14.8 Å². The maximum atomic E-state index is 11.5. The van der Waals surface area contributed by atoms with Crippen molar-refractivity contribution in [1.29, 1.82) is 0 Å². The van der Waals surface area contributed by atoms with Gasteiger partial charge in [0.1, 0.15) is 17.7 Å². The summed E-state index contributed by atoms with van der Waals surface area (Å²) in [6.45, 7) is 0.801. The highest BCUT2D eigenvalue weighted by Gasteiger charge is 2.12. The molecule has 1 aromatic rings. The van der Waals surface area contributed by atoms with Crippen LogP contribution in [0.5, 0.6) is 0 Å². The van der Waals surface area contributed by atoms with Gasteiger partial charge in [0.05, 0.1) is 7.11 Å². The van der Waals surface area contributed by atoms with Crippen LogP contribution in [-0.4, -0.2) is 41.6 Å². The van der Waals surface area contributed by atoms with E-state index in [0.717, 1.165) is 13.0 Å². The lowest BCUT2D eigenvalue weighted by Crippen LogP contribution is -2.11. The third kappa shape index (κ3) is 4.91. The first-order valence-electron chi connectivity index (χ1n) is 5.90. The van der Waals surface area contributed by atoms with E-state index in [0.29, 0.717) is 11.4 Å². The second kappa shape index (κ2) is 8.74. The topological polar surface area (TPSA) is 64.1 Å². The van der Waals surface area contributed by atoms with E-state index in [-0.39, 0.29) is 0 Å². The van der Waals surface area contributed by atoms with Gasteiger partial charge in [-0.1, -0.05) is 6.42 Å². The summed E-state index contributed by atoms with van der Waals surface area (Å²) in [4.78, 5) is 19.3. The molecule has 100 valence electrons. The van der Waals surface area contributed by atoms with E-state index in [1.54, 1.807) is 0 Å². The number of esters is 1. The molecular weight excluding hydrogens is 250 g/mol. The number of hydrogen-bond acceptors (Lipinski definition) is 6. The Kier molecular flexibility index (Phi) is 7.17. The Labute approximate surface area is 112 Å². The van der Waals surface area contributed by atoms with Crippen molar-refractivity contribution in [3.05, 3.63) is 18.1 Å². The Morgan fingerprint density at radius 2 is 2.28 bits per heavy atom. The van der Waals surface area contributed by atoms with E-state index in [9.17, 15) is 4.79 Å². The normalized spacial score (nSPS) is 10.1. The lowest BCUT2D eigenvalue weighted by atomic mass is 10.2. The predicted octanol–water partition coefficient (Wildman–Crippen LogP) is 2.21. The first kappa shape index (κ1) is 14.8. The number of aromatic nitrogens is 2. The number of ether oxygens (including phenoxy) is 1. The number of rotatable bonds is 8. The summed E-state index contributed by atoms with van der Waals surface area (Å²) in [6, 6.07) is 0. The molecule has 0 saturated carbocycles. The van der Waals surface area contributed by atoms with Crippen LogP contribution in [0.3, 0.4) is 0 Å². The number of nitrogens with zero attached hydrogens (tertiary/aromatic N) is 2. The van der Waals surface area contributed by atoms with E-state index in [4.69, 9.17) is 0 Å². The van der Waals surface area contributed by atoms with Crippen molar-refractivity contribution in [3.8, 4) is 0 Å². The van der Waals surface area contributed by atoms with Crippen LogP contribution in [0.15, 0.2) is 12.5 Å². The Balaban J connectivity index is 2.39. The quantitative estimate of drug-likeness (QED) is 0.576. The highest BCUT2D eigenvalue weighted by atomic mass is 32.2. The van der Waals surface area contributed by atoms with Crippen LogP contribution >= 0.6 is 11.8 Å². The number of anilines is 1. The summed E-state index contributed by atoms with van der Waals surface area (Å²) in [7, 11) is 1.35. The van der Waals surface area contributed by atoms with Crippen molar-refractivity contribution in [2.75, 3.05) is 31.0 Å². The van der Waals surface area contributed by atoms with Crippen LogP contribution in [0.2, 0.25) is 0 Å². The van der Waals surface area contributed by atoms with Crippen molar-refractivity contribution in [1.82, 2.24) is 9.97 Å². The lowest BCUT2D eigenvalue weighted by molar-refractivity contribution is 0.0601. The van der Waals surface area contributed by atoms with Crippen molar-refractivity contribution >= 4 is 23.5 Å². The fourth-order valence-electron chi connectivity index (χ4n) is 1.48. The zero-order chi connectivity index (χ0) is 13.2. The molecule has 1 heterocycles. The molecule has 1 N–H and O–H groups in total. The van der Waals surface area contributed by atoms with Crippen molar-refractivity contribution in [3.63, 3.8) is 0 Å². The number of methoxy groups -OCH3 is 1. The molecule has 0 aliphatic heterocycles. The van der Waals surface area contributed by atoms with Crippen LogP contribution in [0.1, 0.15) is 29.6 Å². The summed E-state index contributed by atoms with van der Waals surface area (Å²) in [5.74, 6) is 1.32. The molecule has 1 rings (SSSR count). The minimum Gasteiger partial charge on any atom is -0.465 e. The molecule has 0 aromatic carbocycles. The number of hydrogen-bond donors (Lipinski definition) is 1. The van der Waals surface area contributed by atoms with Crippen LogP contribution in [0.4, 0.5) is 5.82 Å². The third-order valence-corrected chi connectivity index (χ3v) is 3.13. The molecule has 18 heavy (non-hydrogen) atoms. The maximum absolute atomic E-state index is 11.5. The fourth-order valence-corrected chi connectivity index (χ4v) is 1.98. The van der Waals surface area contributed by atoms with Crippen LogP contribution in [-0.2, 0) is 4.74 Å². The van der Waals surface area contributed by atoms with E-state index in [1.807, 2.05) is 11.8 Å². The molecule has 1 aromatic heterocycles. The van der Waals surface area contributed by atoms with Crippen LogP contribution in [0.25, 0.3) is 0 Å². The van der Waals surface area contributed by atoms with Gasteiger partial charge >= 0.3 is 5.97 Å². The van der Waals surface area contributed by atoms with Crippen LogP contribution in [0, 0.1) is 0 Å². The van der Waals surface area contributed by atoms with Gasteiger partial charge in [0.15, 0.2) is 0 Å². The zero-order valence-electron chi connectivity index (χ0n) is 10.8. The summed E-state index contributed by atoms with van der Waals surface area (Å²) >= 11 is 1.86. The molecule has 0 atom stereocenters.